The van der Waals surface area contributed by atoms with Crippen molar-refractivity contribution in [3.63, 3.8) is 0 Å². The monoisotopic (exact) mass is 240 g/mol. The Morgan fingerprint density at radius 2 is 1.93 bits per heavy atom. The van der Waals surface area contributed by atoms with Gasteiger partial charge in [-0.15, -0.1) is 0 Å². The minimum absolute atomic E-state index is 0.296. The van der Waals surface area contributed by atoms with E-state index in [1.165, 1.54) is 7.05 Å². The summed E-state index contributed by atoms with van der Waals surface area (Å²) < 4.78 is 25.8. The Hall–Kier alpha value is -0.700. The van der Waals surface area contributed by atoms with Crippen molar-refractivity contribution in [1.29, 1.82) is 0 Å². The van der Waals surface area contributed by atoms with E-state index < -0.39 is 28.8 Å². The molecule has 0 saturated heterocycles. The second-order valence-corrected chi connectivity index (χ2v) is 5.07. The van der Waals surface area contributed by atoms with Gasteiger partial charge in [-0.3, -0.25) is 4.79 Å². The lowest BCUT2D eigenvalue weighted by Gasteiger charge is -2.23. The molecule has 0 saturated carbocycles. The Balaban J connectivity index is 4.70. The van der Waals surface area contributed by atoms with Crippen LogP contribution in [0.25, 0.3) is 0 Å². The standard InChI is InChI=1S/C7H16N2O5S/c1-5(2)9(3)15(13,14)8-6(4-10)7(11)12/h5-6,8,10H,4H2,1-3H3,(H,11,12)/t6-/m1/s1. The first-order chi connectivity index (χ1) is 6.72. The molecule has 3 N–H and O–H groups in total. The molecule has 0 heterocycles. The molecule has 0 aliphatic heterocycles. The molecule has 0 aromatic carbocycles. The number of carboxylic acids is 1. The van der Waals surface area contributed by atoms with Crippen molar-refractivity contribution in [1.82, 2.24) is 9.03 Å². The summed E-state index contributed by atoms with van der Waals surface area (Å²) in [5.41, 5.74) is 0. The smallest absolute Gasteiger partial charge is 0.324 e. The van der Waals surface area contributed by atoms with E-state index in [0.29, 0.717) is 0 Å². The van der Waals surface area contributed by atoms with Crippen LogP contribution in [0.3, 0.4) is 0 Å². The summed E-state index contributed by atoms with van der Waals surface area (Å²) in [6.45, 7) is 2.50. The number of nitrogens with one attached hydrogen (secondary N) is 1. The van der Waals surface area contributed by atoms with Gasteiger partial charge in [0.25, 0.3) is 10.2 Å². The molecule has 0 amide bonds. The maximum Gasteiger partial charge on any atom is 0.324 e. The molecule has 7 nitrogen and oxygen atoms in total. The fourth-order valence-corrected chi connectivity index (χ4v) is 1.96. The van der Waals surface area contributed by atoms with Crippen molar-refractivity contribution in [2.45, 2.75) is 25.9 Å². The second-order valence-electron chi connectivity index (χ2n) is 3.31. The second kappa shape index (κ2) is 5.40. The summed E-state index contributed by atoms with van der Waals surface area (Å²) >= 11 is 0. The normalized spacial score (nSPS) is 14.5. The molecule has 0 aliphatic rings. The van der Waals surface area contributed by atoms with Crippen LogP contribution < -0.4 is 4.72 Å². The zero-order valence-electron chi connectivity index (χ0n) is 8.84. The van der Waals surface area contributed by atoms with E-state index in [1.807, 2.05) is 4.72 Å². The number of hydrogen-bond donors (Lipinski definition) is 3. The largest absolute Gasteiger partial charge is 0.480 e. The van der Waals surface area contributed by atoms with Crippen LogP contribution in [-0.2, 0) is 15.0 Å². The molecule has 8 heteroatoms. The molecular formula is C7H16N2O5S. The quantitative estimate of drug-likeness (QED) is 0.529. The number of carbonyl (C=O) groups is 1. The van der Waals surface area contributed by atoms with E-state index in [4.69, 9.17) is 10.2 Å². The van der Waals surface area contributed by atoms with Crippen LogP contribution in [-0.4, -0.2) is 54.6 Å². The highest BCUT2D eigenvalue weighted by molar-refractivity contribution is 7.87. The molecule has 0 bridgehead atoms. The van der Waals surface area contributed by atoms with Gasteiger partial charge in [0, 0.05) is 13.1 Å². The van der Waals surface area contributed by atoms with Gasteiger partial charge in [0.05, 0.1) is 6.61 Å². The predicted octanol–water partition coefficient (Wildman–Crippen LogP) is -1.39. The van der Waals surface area contributed by atoms with Gasteiger partial charge in [0.2, 0.25) is 0 Å². The number of rotatable bonds is 6. The molecular weight excluding hydrogens is 224 g/mol. The Labute approximate surface area is 88.9 Å². The molecule has 0 aromatic rings. The molecule has 0 aliphatic carbocycles. The van der Waals surface area contributed by atoms with Gasteiger partial charge in [0.15, 0.2) is 0 Å². The number of hydrogen-bond acceptors (Lipinski definition) is 4. The molecule has 15 heavy (non-hydrogen) atoms. The molecule has 0 fully saturated rings. The van der Waals surface area contributed by atoms with E-state index in [9.17, 15) is 13.2 Å². The Morgan fingerprint density at radius 3 is 2.20 bits per heavy atom. The predicted molar refractivity (Wildman–Crippen MR) is 53.5 cm³/mol. The first-order valence-corrected chi connectivity index (χ1v) is 5.75. The minimum Gasteiger partial charge on any atom is -0.480 e. The summed E-state index contributed by atoms with van der Waals surface area (Å²) in [6.07, 6.45) is 0. The SMILES string of the molecule is CC(C)N(C)S(=O)(=O)N[C@H](CO)C(=O)O. The molecule has 90 valence electrons. The van der Waals surface area contributed by atoms with Crippen molar-refractivity contribution in [3.8, 4) is 0 Å². The Kier molecular flexibility index (Phi) is 5.15. The topological polar surface area (TPSA) is 107 Å². The zero-order valence-corrected chi connectivity index (χ0v) is 9.65. The van der Waals surface area contributed by atoms with Gasteiger partial charge in [0.1, 0.15) is 6.04 Å². The third-order valence-electron chi connectivity index (χ3n) is 1.88. The van der Waals surface area contributed by atoms with E-state index in [0.717, 1.165) is 4.31 Å². The first-order valence-electron chi connectivity index (χ1n) is 4.31. The number of aliphatic hydroxyl groups excluding tert-OH is 1. The summed E-state index contributed by atoms with van der Waals surface area (Å²) in [5, 5.41) is 17.2. The van der Waals surface area contributed by atoms with Crippen LogP contribution >= 0.6 is 0 Å². The lowest BCUT2D eigenvalue weighted by molar-refractivity contribution is -0.139. The third kappa shape index (κ3) is 4.12. The summed E-state index contributed by atoms with van der Waals surface area (Å²) in [7, 11) is -2.55. The van der Waals surface area contributed by atoms with E-state index in [2.05, 4.69) is 0 Å². The van der Waals surface area contributed by atoms with Crippen molar-refractivity contribution >= 4 is 16.2 Å². The van der Waals surface area contributed by atoms with Gasteiger partial charge < -0.3 is 10.2 Å². The molecule has 0 rings (SSSR count). The van der Waals surface area contributed by atoms with Gasteiger partial charge in [-0.1, -0.05) is 0 Å². The number of aliphatic carboxylic acids is 1. The molecule has 0 radical (unpaired) electrons. The van der Waals surface area contributed by atoms with Gasteiger partial charge >= 0.3 is 5.97 Å². The highest BCUT2D eigenvalue weighted by Gasteiger charge is 2.27. The van der Waals surface area contributed by atoms with Crippen LogP contribution in [0.2, 0.25) is 0 Å². The van der Waals surface area contributed by atoms with E-state index in [-0.39, 0.29) is 6.04 Å². The third-order valence-corrected chi connectivity index (χ3v) is 3.64. The van der Waals surface area contributed by atoms with Crippen molar-refractivity contribution in [2.24, 2.45) is 0 Å². The lowest BCUT2D eigenvalue weighted by Crippen LogP contribution is -2.50. The van der Waals surface area contributed by atoms with Crippen LogP contribution in [0.1, 0.15) is 13.8 Å². The average molecular weight is 240 g/mol. The average Bonchev–Trinajstić information content (AvgIpc) is 2.12. The van der Waals surface area contributed by atoms with Gasteiger partial charge in [-0.05, 0) is 13.8 Å². The fourth-order valence-electron chi connectivity index (χ4n) is 0.706. The van der Waals surface area contributed by atoms with Gasteiger partial charge in [-0.2, -0.15) is 17.4 Å². The summed E-state index contributed by atoms with van der Waals surface area (Å²) in [4.78, 5) is 10.5. The Morgan fingerprint density at radius 1 is 1.47 bits per heavy atom. The lowest BCUT2D eigenvalue weighted by atomic mass is 10.3. The van der Waals surface area contributed by atoms with Crippen LogP contribution in [0, 0.1) is 0 Å². The van der Waals surface area contributed by atoms with Crippen LogP contribution in [0.4, 0.5) is 0 Å². The molecule has 0 aromatic heterocycles. The first kappa shape index (κ1) is 14.3. The molecule has 0 unspecified atom stereocenters. The van der Waals surface area contributed by atoms with Crippen molar-refractivity contribution in [3.05, 3.63) is 0 Å². The summed E-state index contributed by atoms with van der Waals surface area (Å²) in [5.74, 6) is -1.42. The molecule has 0 spiro atoms. The highest BCUT2D eigenvalue weighted by Crippen LogP contribution is 2.01. The van der Waals surface area contributed by atoms with E-state index >= 15 is 0 Å². The van der Waals surface area contributed by atoms with Crippen LogP contribution in [0.5, 0.6) is 0 Å². The zero-order chi connectivity index (χ0) is 12.2. The van der Waals surface area contributed by atoms with Crippen LogP contribution in [0.15, 0.2) is 0 Å². The van der Waals surface area contributed by atoms with E-state index in [1.54, 1.807) is 13.8 Å². The maximum absolute atomic E-state index is 11.5. The maximum atomic E-state index is 11.5. The summed E-state index contributed by atoms with van der Waals surface area (Å²) in [6, 6.07) is -1.81. The minimum atomic E-state index is -3.87. The fraction of sp³-hybridized carbons (Fsp3) is 0.857. The number of aliphatic hydroxyl groups is 1. The Bertz CT molecular complexity index is 313. The van der Waals surface area contributed by atoms with Crippen molar-refractivity contribution in [2.75, 3.05) is 13.7 Å². The van der Waals surface area contributed by atoms with Gasteiger partial charge in [-0.25, -0.2) is 0 Å². The molecule has 1 atom stereocenters. The number of nitrogens with zero attached hydrogens (tertiary/aromatic N) is 1. The van der Waals surface area contributed by atoms with Crippen molar-refractivity contribution < 1.29 is 23.4 Å². The number of carboxylic acid groups (broad SMARTS) is 1. The highest BCUT2D eigenvalue weighted by atomic mass is 32.2.